The molecule has 3 heteroatoms. The van der Waals surface area contributed by atoms with Gasteiger partial charge in [-0.1, -0.05) is 0 Å². The summed E-state index contributed by atoms with van der Waals surface area (Å²) in [4.78, 5) is 2.42. The van der Waals surface area contributed by atoms with E-state index in [1.165, 1.54) is 25.9 Å². The Kier molecular flexibility index (Phi) is 4.58. The highest BCUT2D eigenvalue weighted by atomic mass is 16.3. The molecule has 1 fully saturated rings. The summed E-state index contributed by atoms with van der Waals surface area (Å²) >= 11 is 0. The average molecular weight is 172 g/mol. The molecule has 0 amide bonds. The number of hydrogen-bond acceptors (Lipinski definition) is 3. The van der Waals surface area contributed by atoms with E-state index in [9.17, 15) is 0 Å². The van der Waals surface area contributed by atoms with Crippen LogP contribution in [0.4, 0.5) is 0 Å². The highest BCUT2D eigenvalue weighted by Gasteiger charge is 2.16. The van der Waals surface area contributed by atoms with E-state index >= 15 is 0 Å². The van der Waals surface area contributed by atoms with E-state index in [1.807, 2.05) is 0 Å². The third kappa shape index (κ3) is 3.09. The van der Waals surface area contributed by atoms with Crippen LogP contribution in [0.1, 0.15) is 19.3 Å². The first-order chi connectivity index (χ1) is 5.86. The van der Waals surface area contributed by atoms with Gasteiger partial charge in [0.15, 0.2) is 0 Å². The molecule has 0 saturated carbocycles. The number of nitrogens with two attached hydrogens (primary N) is 1. The normalized spacial score (nSPS) is 21.5. The Morgan fingerprint density at radius 1 is 1.33 bits per heavy atom. The van der Waals surface area contributed by atoms with Crippen LogP contribution in [0, 0.1) is 5.92 Å². The van der Waals surface area contributed by atoms with E-state index in [0.717, 1.165) is 25.4 Å². The van der Waals surface area contributed by atoms with Gasteiger partial charge in [-0.05, 0) is 44.8 Å². The molecular weight excluding hydrogens is 152 g/mol. The van der Waals surface area contributed by atoms with Gasteiger partial charge in [-0.15, -0.1) is 0 Å². The van der Waals surface area contributed by atoms with Gasteiger partial charge in [-0.3, -0.25) is 0 Å². The molecule has 0 bridgehead atoms. The SMILES string of the molecule is NCC1CCN(CCCO)CC1. The Balaban J connectivity index is 2.09. The van der Waals surface area contributed by atoms with Crippen molar-refractivity contribution in [2.24, 2.45) is 11.7 Å². The Bertz CT molecular complexity index is 111. The predicted molar refractivity (Wildman–Crippen MR) is 49.9 cm³/mol. The lowest BCUT2D eigenvalue weighted by atomic mass is 9.97. The summed E-state index contributed by atoms with van der Waals surface area (Å²) in [5, 5.41) is 8.65. The molecule has 0 aliphatic carbocycles. The quantitative estimate of drug-likeness (QED) is 0.629. The first-order valence-electron chi connectivity index (χ1n) is 4.90. The van der Waals surface area contributed by atoms with Crippen molar-refractivity contribution >= 4 is 0 Å². The molecule has 0 radical (unpaired) electrons. The van der Waals surface area contributed by atoms with Crippen LogP contribution in [0.15, 0.2) is 0 Å². The van der Waals surface area contributed by atoms with Crippen LogP contribution in [-0.4, -0.2) is 42.8 Å². The maximum atomic E-state index is 8.65. The fourth-order valence-corrected chi connectivity index (χ4v) is 1.74. The van der Waals surface area contributed by atoms with Gasteiger partial charge in [0.2, 0.25) is 0 Å². The molecule has 1 rings (SSSR count). The van der Waals surface area contributed by atoms with Crippen LogP contribution < -0.4 is 5.73 Å². The van der Waals surface area contributed by atoms with Crippen LogP contribution in [0.3, 0.4) is 0 Å². The second kappa shape index (κ2) is 5.51. The second-order valence-corrected chi connectivity index (χ2v) is 3.60. The Labute approximate surface area is 74.5 Å². The second-order valence-electron chi connectivity index (χ2n) is 3.60. The average Bonchev–Trinajstić information content (AvgIpc) is 2.15. The third-order valence-electron chi connectivity index (χ3n) is 2.67. The van der Waals surface area contributed by atoms with Crippen molar-refractivity contribution in [3.8, 4) is 0 Å². The first kappa shape index (κ1) is 9.96. The standard InChI is InChI=1S/C9H20N2O/c10-8-9-2-5-11(6-3-9)4-1-7-12/h9,12H,1-8,10H2. The smallest absolute Gasteiger partial charge is 0.0443 e. The van der Waals surface area contributed by atoms with E-state index < -0.39 is 0 Å². The van der Waals surface area contributed by atoms with Crippen molar-refractivity contribution in [1.29, 1.82) is 0 Å². The maximum Gasteiger partial charge on any atom is 0.0443 e. The maximum absolute atomic E-state index is 8.65. The Morgan fingerprint density at radius 3 is 2.50 bits per heavy atom. The summed E-state index contributed by atoms with van der Waals surface area (Å²) in [6.45, 7) is 4.54. The van der Waals surface area contributed by atoms with Crippen molar-refractivity contribution in [2.75, 3.05) is 32.8 Å². The summed E-state index contributed by atoms with van der Waals surface area (Å²) in [5.41, 5.74) is 5.59. The van der Waals surface area contributed by atoms with Crippen molar-refractivity contribution in [3.05, 3.63) is 0 Å². The van der Waals surface area contributed by atoms with Gasteiger partial charge < -0.3 is 15.7 Å². The molecule has 0 unspecified atom stereocenters. The molecular formula is C9H20N2O. The fourth-order valence-electron chi connectivity index (χ4n) is 1.74. The zero-order valence-corrected chi connectivity index (χ0v) is 7.71. The van der Waals surface area contributed by atoms with Crippen molar-refractivity contribution < 1.29 is 5.11 Å². The van der Waals surface area contributed by atoms with Gasteiger partial charge in [0.1, 0.15) is 0 Å². The fraction of sp³-hybridized carbons (Fsp3) is 1.00. The van der Waals surface area contributed by atoms with Gasteiger partial charge >= 0.3 is 0 Å². The highest BCUT2D eigenvalue weighted by molar-refractivity contribution is 4.72. The van der Waals surface area contributed by atoms with Crippen LogP contribution in [0.2, 0.25) is 0 Å². The number of likely N-dealkylation sites (tertiary alicyclic amines) is 1. The van der Waals surface area contributed by atoms with Gasteiger partial charge in [-0.2, -0.15) is 0 Å². The van der Waals surface area contributed by atoms with Gasteiger partial charge in [0, 0.05) is 13.2 Å². The number of aliphatic hydroxyl groups excluding tert-OH is 1. The van der Waals surface area contributed by atoms with E-state index in [4.69, 9.17) is 10.8 Å². The number of hydrogen-bond donors (Lipinski definition) is 2. The lowest BCUT2D eigenvalue weighted by Gasteiger charge is -2.30. The lowest BCUT2D eigenvalue weighted by Crippen LogP contribution is -2.36. The molecule has 0 aromatic heterocycles. The number of piperidine rings is 1. The lowest BCUT2D eigenvalue weighted by molar-refractivity contribution is 0.170. The molecule has 3 N–H and O–H groups in total. The number of nitrogens with zero attached hydrogens (tertiary/aromatic N) is 1. The molecule has 0 spiro atoms. The number of rotatable bonds is 4. The molecule has 3 nitrogen and oxygen atoms in total. The Morgan fingerprint density at radius 2 is 2.00 bits per heavy atom. The van der Waals surface area contributed by atoms with Crippen molar-refractivity contribution in [3.63, 3.8) is 0 Å². The van der Waals surface area contributed by atoms with Crippen LogP contribution in [0.25, 0.3) is 0 Å². The molecule has 1 aliphatic heterocycles. The molecule has 1 heterocycles. The molecule has 1 saturated heterocycles. The summed E-state index contributed by atoms with van der Waals surface area (Å²) in [7, 11) is 0. The Hall–Kier alpha value is -0.120. The number of aliphatic hydroxyl groups is 1. The molecule has 0 aromatic carbocycles. The summed E-state index contributed by atoms with van der Waals surface area (Å²) in [5.74, 6) is 0.746. The molecule has 12 heavy (non-hydrogen) atoms. The molecule has 1 aliphatic rings. The van der Waals surface area contributed by atoms with Gasteiger partial charge in [0.25, 0.3) is 0 Å². The highest BCUT2D eigenvalue weighted by Crippen LogP contribution is 2.15. The largest absolute Gasteiger partial charge is 0.396 e. The van der Waals surface area contributed by atoms with Crippen molar-refractivity contribution in [2.45, 2.75) is 19.3 Å². The first-order valence-corrected chi connectivity index (χ1v) is 4.90. The van der Waals surface area contributed by atoms with Gasteiger partial charge in [-0.25, -0.2) is 0 Å². The van der Waals surface area contributed by atoms with Crippen molar-refractivity contribution in [1.82, 2.24) is 4.90 Å². The van der Waals surface area contributed by atoms with E-state index in [1.54, 1.807) is 0 Å². The predicted octanol–water partition coefficient (Wildman–Crippen LogP) is 0.0395. The minimum Gasteiger partial charge on any atom is -0.396 e. The monoisotopic (exact) mass is 172 g/mol. The zero-order chi connectivity index (χ0) is 8.81. The summed E-state index contributed by atoms with van der Waals surface area (Å²) < 4.78 is 0. The van der Waals surface area contributed by atoms with E-state index in [2.05, 4.69) is 4.90 Å². The minimum atomic E-state index is 0.316. The van der Waals surface area contributed by atoms with Crippen LogP contribution in [-0.2, 0) is 0 Å². The molecule has 72 valence electrons. The van der Waals surface area contributed by atoms with Crippen LogP contribution >= 0.6 is 0 Å². The minimum absolute atomic E-state index is 0.316. The van der Waals surface area contributed by atoms with Crippen LogP contribution in [0.5, 0.6) is 0 Å². The molecule has 0 atom stereocenters. The molecule has 0 aromatic rings. The summed E-state index contributed by atoms with van der Waals surface area (Å²) in [6.07, 6.45) is 3.39. The van der Waals surface area contributed by atoms with E-state index in [0.29, 0.717) is 6.61 Å². The van der Waals surface area contributed by atoms with Gasteiger partial charge in [0.05, 0.1) is 0 Å². The topological polar surface area (TPSA) is 49.5 Å². The van der Waals surface area contributed by atoms with E-state index in [-0.39, 0.29) is 0 Å². The third-order valence-corrected chi connectivity index (χ3v) is 2.67. The zero-order valence-electron chi connectivity index (χ0n) is 7.71. The summed E-state index contributed by atoms with van der Waals surface area (Å²) in [6, 6.07) is 0.